The van der Waals surface area contributed by atoms with E-state index in [0.717, 1.165) is 17.3 Å². The Labute approximate surface area is 96.0 Å². The maximum atomic E-state index is 2.62. The minimum absolute atomic E-state index is 0.750. The molecule has 2 unspecified atom stereocenters. The smallest absolute Gasteiger partial charge is 0.00521 e. The highest BCUT2D eigenvalue weighted by molar-refractivity contribution is 14.1. The molecule has 0 heterocycles. The van der Waals surface area contributed by atoms with E-state index < -0.39 is 0 Å². The minimum Gasteiger partial charge on any atom is -0.0858 e. The molecule has 0 radical (unpaired) electrons. The minimum atomic E-state index is 0.750. The maximum absolute atomic E-state index is 2.62. The quantitative estimate of drug-likeness (QED) is 0.522. The molecule has 0 N–H and O–H groups in total. The first-order valence-corrected chi connectivity index (χ1v) is 7.38. The van der Waals surface area contributed by atoms with Crippen LogP contribution in [0.4, 0.5) is 0 Å². The molecule has 0 amide bonds. The highest BCUT2D eigenvalue weighted by atomic mass is 127. The predicted octanol–water partition coefficient (Wildman–Crippen LogP) is 4.42. The molecule has 0 bridgehead atoms. The SMILES string of the molecule is CCC1(CI)CC2CCCCC2C1. The molecule has 0 aromatic carbocycles. The third-order valence-electron chi connectivity index (χ3n) is 4.49. The van der Waals surface area contributed by atoms with Crippen LogP contribution < -0.4 is 0 Å². The first-order chi connectivity index (χ1) is 6.29. The van der Waals surface area contributed by atoms with Crippen molar-refractivity contribution >= 4 is 22.6 Å². The van der Waals surface area contributed by atoms with Gasteiger partial charge in [0, 0.05) is 4.43 Å². The normalized spacial score (nSPS) is 44.8. The van der Waals surface area contributed by atoms with E-state index in [1.807, 2.05) is 0 Å². The molecule has 2 fully saturated rings. The van der Waals surface area contributed by atoms with Gasteiger partial charge in [0.25, 0.3) is 0 Å². The zero-order valence-corrected chi connectivity index (χ0v) is 10.8. The summed E-state index contributed by atoms with van der Waals surface area (Å²) in [5.41, 5.74) is 0.750. The van der Waals surface area contributed by atoms with Crippen molar-refractivity contribution in [1.82, 2.24) is 0 Å². The van der Waals surface area contributed by atoms with E-state index in [4.69, 9.17) is 0 Å². The second-order valence-corrected chi connectivity index (χ2v) is 5.96. The van der Waals surface area contributed by atoms with Crippen LogP contribution >= 0.6 is 22.6 Å². The lowest BCUT2D eigenvalue weighted by Crippen LogP contribution is -2.17. The molecule has 2 saturated carbocycles. The van der Waals surface area contributed by atoms with Gasteiger partial charge in [-0.2, -0.15) is 0 Å². The molecule has 2 aliphatic carbocycles. The number of fused-ring (bicyclic) bond motifs is 1. The lowest BCUT2D eigenvalue weighted by molar-refractivity contribution is 0.277. The van der Waals surface area contributed by atoms with Crippen LogP contribution in [0.2, 0.25) is 0 Å². The molecule has 0 spiro atoms. The third kappa shape index (κ3) is 1.91. The molecule has 1 heteroatoms. The van der Waals surface area contributed by atoms with E-state index in [2.05, 4.69) is 29.5 Å². The number of rotatable bonds is 2. The monoisotopic (exact) mass is 292 g/mol. The molecular weight excluding hydrogens is 271 g/mol. The van der Waals surface area contributed by atoms with E-state index in [9.17, 15) is 0 Å². The summed E-state index contributed by atoms with van der Waals surface area (Å²) in [5.74, 6) is 2.23. The van der Waals surface area contributed by atoms with Gasteiger partial charge in [-0.3, -0.25) is 0 Å². The van der Waals surface area contributed by atoms with Crippen molar-refractivity contribution in [3.63, 3.8) is 0 Å². The zero-order valence-electron chi connectivity index (χ0n) is 8.69. The Morgan fingerprint density at radius 1 is 1.15 bits per heavy atom. The van der Waals surface area contributed by atoms with Crippen LogP contribution in [-0.2, 0) is 0 Å². The van der Waals surface area contributed by atoms with E-state index in [1.165, 1.54) is 23.7 Å². The van der Waals surface area contributed by atoms with Crippen LogP contribution in [0.25, 0.3) is 0 Å². The molecule has 0 saturated heterocycles. The lowest BCUT2D eigenvalue weighted by atomic mass is 9.82. The van der Waals surface area contributed by atoms with Crippen LogP contribution in [0.1, 0.15) is 51.9 Å². The van der Waals surface area contributed by atoms with E-state index in [0.29, 0.717) is 0 Å². The van der Waals surface area contributed by atoms with Gasteiger partial charge in [0.05, 0.1) is 0 Å². The molecule has 0 aromatic heterocycles. The second kappa shape index (κ2) is 4.08. The highest BCUT2D eigenvalue weighted by Crippen LogP contribution is 2.53. The average Bonchev–Trinajstić information content (AvgIpc) is 2.57. The van der Waals surface area contributed by atoms with Crippen LogP contribution in [0.5, 0.6) is 0 Å². The number of hydrogen-bond acceptors (Lipinski definition) is 0. The second-order valence-electron chi connectivity index (χ2n) is 5.20. The third-order valence-corrected chi connectivity index (χ3v) is 6.11. The van der Waals surface area contributed by atoms with Gasteiger partial charge < -0.3 is 0 Å². The van der Waals surface area contributed by atoms with E-state index >= 15 is 0 Å². The summed E-state index contributed by atoms with van der Waals surface area (Å²) >= 11 is 2.62. The zero-order chi connectivity index (χ0) is 9.31. The van der Waals surface area contributed by atoms with Gasteiger partial charge >= 0.3 is 0 Å². The van der Waals surface area contributed by atoms with Crippen LogP contribution in [0, 0.1) is 17.3 Å². The molecule has 0 aliphatic heterocycles. The van der Waals surface area contributed by atoms with Crippen LogP contribution in [-0.4, -0.2) is 4.43 Å². The fourth-order valence-corrected chi connectivity index (χ4v) is 4.67. The van der Waals surface area contributed by atoms with Gasteiger partial charge in [0.15, 0.2) is 0 Å². The number of halogens is 1. The molecule has 2 atom stereocenters. The Hall–Kier alpha value is 0.730. The molecule has 0 aromatic rings. The molecule has 2 aliphatic rings. The van der Waals surface area contributed by atoms with Crippen molar-refractivity contribution in [2.24, 2.45) is 17.3 Å². The summed E-state index contributed by atoms with van der Waals surface area (Å²) in [6.45, 7) is 2.40. The Morgan fingerprint density at radius 2 is 1.69 bits per heavy atom. The van der Waals surface area contributed by atoms with Crippen LogP contribution in [0.3, 0.4) is 0 Å². The van der Waals surface area contributed by atoms with Crippen molar-refractivity contribution in [3.05, 3.63) is 0 Å². The Kier molecular flexibility index (Phi) is 3.22. The fourth-order valence-electron chi connectivity index (χ4n) is 3.51. The first kappa shape index (κ1) is 10.3. The molecular formula is C12H21I. The molecule has 76 valence electrons. The Morgan fingerprint density at radius 3 is 2.08 bits per heavy atom. The van der Waals surface area contributed by atoms with Gasteiger partial charge in [0.1, 0.15) is 0 Å². The number of hydrogen-bond donors (Lipinski definition) is 0. The van der Waals surface area contributed by atoms with Gasteiger partial charge in [-0.25, -0.2) is 0 Å². The molecule has 0 nitrogen and oxygen atoms in total. The summed E-state index contributed by atoms with van der Waals surface area (Å²) in [5, 5.41) is 0. The van der Waals surface area contributed by atoms with E-state index in [1.54, 1.807) is 25.7 Å². The predicted molar refractivity (Wildman–Crippen MR) is 66.3 cm³/mol. The van der Waals surface area contributed by atoms with Crippen molar-refractivity contribution in [2.75, 3.05) is 4.43 Å². The van der Waals surface area contributed by atoms with Gasteiger partial charge in [-0.05, 0) is 36.5 Å². The highest BCUT2D eigenvalue weighted by Gasteiger charge is 2.43. The fraction of sp³-hybridized carbons (Fsp3) is 1.00. The topological polar surface area (TPSA) is 0 Å². The number of alkyl halides is 1. The Bertz CT molecular complexity index is 156. The molecule has 2 rings (SSSR count). The van der Waals surface area contributed by atoms with Gasteiger partial charge in [-0.1, -0.05) is 55.2 Å². The van der Waals surface area contributed by atoms with Crippen molar-refractivity contribution in [2.45, 2.75) is 51.9 Å². The standard InChI is InChI=1S/C12H21I/c1-2-12(9-13)7-10-5-3-4-6-11(10)8-12/h10-11H,2-9H2,1H3. The largest absolute Gasteiger partial charge is 0.0858 e. The van der Waals surface area contributed by atoms with Crippen LogP contribution in [0.15, 0.2) is 0 Å². The summed E-state index contributed by atoms with van der Waals surface area (Å²) in [6, 6.07) is 0. The molecule has 13 heavy (non-hydrogen) atoms. The average molecular weight is 292 g/mol. The van der Waals surface area contributed by atoms with Crippen molar-refractivity contribution < 1.29 is 0 Å². The van der Waals surface area contributed by atoms with Crippen molar-refractivity contribution in [3.8, 4) is 0 Å². The maximum Gasteiger partial charge on any atom is 0.00521 e. The van der Waals surface area contributed by atoms with Gasteiger partial charge in [0.2, 0.25) is 0 Å². The van der Waals surface area contributed by atoms with Gasteiger partial charge in [-0.15, -0.1) is 0 Å². The lowest BCUT2D eigenvalue weighted by Gasteiger charge is -2.25. The Balaban J connectivity index is 2.04. The summed E-state index contributed by atoms with van der Waals surface area (Å²) < 4.78 is 1.40. The van der Waals surface area contributed by atoms with E-state index in [-0.39, 0.29) is 0 Å². The summed E-state index contributed by atoms with van der Waals surface area (Å²) in [7, 11) is 0. The summed E-state index contributed by atoms with van der Waals surface area (Å²) in [6.07, 6.45) is 10.6. The first-order valence-electron chi connectivity index (χ1n) is 5.85. The summed E-state index contributed by atoms with van der Waals surface area (Å²) in [4.78, 5) is 0. The van der Waals surface area contributed by atoms with Crippen molar-refractivity contribution in [1.29, 1.82) is 0 Å².